The van der Waals surface area contributed by atoms with Crippen molar-refractivity contribution in [3.05, 3.63) is 47.0 Å². The molecule has 4 heterocycles. The minimum atomic E-state index is -0.707. The number of hydrogen-bond donors (Lipinski definition) is 1. The number of amides is 3. The van der Waals surface area contributed by atoms with E-state index in [2.05, 4.69) is 37.4 Å². The van der Waals surface area contributed by atoms with E-state index in [0.29, 0.717) is 39.1 Å². The van der Waals surface area contributed by atoms with Crippen LogP contribution in [0.4, 0.5) is 0 Å². The Morgan fingerprint density at radius 1 is 1.23 bits per heavy atom. The van der Waals surface area contributed by atoms with Gasteiger partial charge in [-0.15, -0.1) is 0 Å². The van der Waals surface area contributed by atoms with Gasteiger partial charge in [0.2, 0.25) is 17.7 Å². The van der Waals surface area contributed by atoms with E-state index in [0.717, 1.165) is 5.56 Å². The van der Waals surface area contributed by atoms with Gasteiger partial charge < -0.3 is 19.9 Å². The van der Waals surface area contributed by atoms with Crippen LogP contribution in [0, 0.1) is 25.7 Å². The van der Waals surface area contributed by atoms with Crippen LogP contribution in [0.3, 0.4) is 0 Å². The van der Waals surface area contributed by atoms with Crippen molar-refractivity contribution in [2.24, 2.45) is 11.8 Å². The van der Waals surface area contributed by atoms with Crippen LogP contribution in [0.2, 0.25) is 0 Å². The maximum atomic E-state index is 13.4. The number of rotatable bonds is 3. The molecule has 5 rings (SSSR count). The number of carbonyl (C=O) groups is 3. The van der Waals surface area contributed by atoms with Crippen LogP contribution in [0.15, 0.2) is 30.4 Å². The summed E-state index contributed by atoms with van der Waals surface area (Å²) in [6.07, 6.45) is 3.86. The molecule has 0 saturated carbocycles. The van der Waals surface area contributed by atoms with Crippen LogP contribution in [-0.2, 0) is 25.7 Å². The van der Waals surface area contributed by atoms with E-state index < -0.39 is 17.4 Å². The second-order valence-electron chi connectivity index (χ2n) is 8.94. The predicted molar refractivity (Wildman–Crippen MR) is 109 cm³/mol. The first kappa shape index (κ1) is 19.3. The summed E-state index contributed by atoms with van der Waals surface area (Å²) >= 11 is 0. The highest BCUT2D eigenvalue weighted by molar-refractivity contribution is 5.93. The summed E-state index contributed by atoms with van der Waals surface area (Å²) < 4.78 is 6.24. The first-order valence-electron chi connectivity index (χ1n) is 10.7. The topological polar surface area (TPSA) is 79.0 Å². The summed E-state index contributed by atoms with van der Waals surface area (Å²) in [7, 11) is 0. The van der Waals surface area contributed by atoms with Crippen LogP contribution in [-0.4, -0.2) is 65.4 Å². The highest BCUT2D eigenvalue weighted by Gasteiger charge is 2.67. The molecule has 0 aromatic heterocycles. The van der Waals surface area contributed by atoms with E-state index in [-0.39, 0.29) is 23.8 Å². The number of ether oxygens (including phenoxy) is 1. The summed E-state index contributed by atoms with van der Waals surface area (Å²) in [5.41, 5.74) is 2.80. The van der Waals surface area contributed by atoms with Gasteiger partial charge in [0.05, 0.1) is 24.5 Å². The molecule has 1 aromatic carbocycles. The molecule has 4 aliphatic rings. The number of benzene rings is 1. The van der Waals surface area contributed by atoms with Crippen LogP contribution in [0.1, 0.15) is 23.1 Å². The van der Waals surface area contributed by atoms with E-state index >= 15 is 0 Å². The molecule has 3 fully saturated rings. The van der Waals surface area contributed by atoms with Crippen LogP contribution >= 0.6 is 0 Å². The maximum Gasteiger partial charge on any atom is 0.230 e. The summed E-state index contributed by atoms with van der Waals surface area (Å²) in [6, 6.07) is 6.25. The normalized spacial score (nSPS) is 32.4. The van der Waals surface area contributed by atoms with E-state index in [9.17, 15) is 14.4 Å². The quantitative estimate of drug-likeness (QED) is 0.754. The van der Waals surface area contributed by atoms with Crippen molar-refractivity contribution in [1.82, 2.24) is 15.1 Å². The van der Waals surface area contributed by atoms with Crippen molar-refractivity contribution in [3.8, 4) is 0 Å². The first-order chi connectivity index (χ1) is 14.4. The van der Waals surface area contributed by atoms with Crippen LogP contribution < -0.4 is 5.32 Å². The molecule has 0 radical (unpaired) electrons. The monoisotopic (exact) mass is 409 g/mol. The zero-order valence-corrected chi connectivity index (χ0v) is 17.4. The molecule has 4 aliphatic heterocycles. The van der Waals surface area contributed by atoms with Gasteiger partial charge in [-0.05, 0) is 30.5 Å². The molecule has 7 nitrogen and oxygen atoms in total. The number of aryl methyl sites for hydroxylation is 2. The van der Waals surface area contributed by atoms with Gasteiger partial charge in [-0.2, -0.15) is 0 Å². The van der Waals surface area contributed by atoms with Crippen molar-refractivity contribution >= 4 is 17.7 Å². The Balaban J connectivity index is 1.37. The molecule has 1 aromatic rings. The molecule has 2 bridgehead atoms. The minimum absolute atomic E-state index is 0.0116. The van der Waals surface area contributed by atoms with E-state index in [1.165, 1.54) is 11.1 Å². The standard InChI is InChI=1S/C23H27N3O4/c1-14-3-4-16(11-15(14)2)12-26-13-23-7-5-17(30-23)19(20(23)22(26)29)21(28)25-9-6-18(27)24-8-10-25/h3-5,7,11,17,19-20H,6,8-10,12-13H2,1-2H3,(H,24,27)/t17-,19?,20?,23-/m0/s1. The Labute approximate surface area is 176 Å². The number of hydrogen-bond acceptors (Lipinski definition) is 4. The lowest BCUT2D eigenvalue weighted by Crippen LogP contribution is -2.47. The molecule has 1 spiro atoms. The Morgan fingerprint density at radius 2 is 2.07 bits per heavy atom. The number of nitrogens with one attached hydrogen (secondary N) is 1. The van der Waals surface area contributed by atoms with Gasteiger partial charge >= 0.3 is 0 Å². The van der Waals surface area contributed by atoms with Gasteiger partial charge in [0.25, 0.3) is 0 Å². The van der Waals surface area contributed by atoms with E-state index in [1.54, 1.807) is 4.90 Å². The van der Waals surface area contributed by atoms with Gasteiger partial charge in [-0.25, -0.2) is 0 Å². The zero-order valence-electron chi connectivity index (χ0n) is 17.4. The summed E-state index contributed by atoms with van der Waals surface area (Å²) in [5, 5.41) is 2.80. The molecule has 3 saturated heterocycles. The van der Waals surface area contributed by atoms with Crippen molar-refractivity contribution in [2.45, 2.75) is 38.5 Å². The lowest BCUT2D eigenvalue weighted by atomic mass is 9.76. The van der Waals surface area contributed by atoms with Gasteiger partial charge in [0.15, 0.2) is 0 Å². The Morgan fingerprint density at radius 3 is 2.87 bits per heavy atom. The molecule has 2 unspecified atom stereocenters. The second kappa shape index (κ2) is 6.94. The second-order valence-corrected chi connectivity index (χ2v) is 8.94. The fourth-order valence-electron chi connectivity index (χ4n) is 5.31. The van der Waals surface area contributed by atoms with Crippen molar-refractivity contribution in [3.63, 3.8) is 0 Å². The smallest absolute Gasteiger partial charge is 0.230 e. The van der Waals surface area contributed by atoms with Gasteiger partial charge in [-0.3, -0.25) is 14.4 Å². The highest BCUT2D eigenvalue weighted by Crippen LogP contribution is 2.52. The maximum absolute atomic E-state index is 13.4. The molecule has 7 heteroatoms. The van der Waals surface area contributed by atoms with E-state index in [4.69, 9.17) is 4.74 Å². The van der Waals surface area contributed by atoms with Crippen molar-refractivity contribution in [2.75, 3.05) is 26.2 Å². The molecule has 158 valence electrons. The average molecular weight is 409 g/mol. The molecule has 30 heavy (non-hydrogen) atoms. The lowest BCUT2D eigenvalue weighted by molar-refractivity contribution is -0.143. The number of fused-ring (bicyclic) bond motifs is 1. The molecule has 0 aliphatic carbocycles. The molecule has 4 atom stereocenters. The van der Waals surface area contributed by atoms with Crippen molar-refractivity contribution < 1.29 is 19.1 Å². The van der Waals surface area contributed by atoms with Crippen LogP contribution in [0.5, 0.6) is 0 Å². The van der Waals surface area contributed by atoms with Crippen LogP contribution in [0.25, 0.3) is 0 Å². The third-order valence-corrected chi connectivity index (χ3v) is 7.03. The molecule has 3 amide bonds. The lowest BCUT2D eigenvalue weighted by Gasteiger charge is -2.29. The number of nitrogens with zero attached hydrogens (tertiary/aromatic N) is 2. The average Bonchev–Trinajstić information content (AvgIpc) is 3.28. The van der Waals surface area contributed by atoms with Gasteiger partial charge in [0.1, 0.15) is 5.60 Å². The first-order valence-corrected chi connectivity index (χ1v) is 10.7. The number of likely N-dealkylation sites (tertiary alicyclic amines) is 1. The van der Waals surface area contributed by atoms with Gasteiger partial charge in [0, 0.05) is 32.6 Å². The largest absolute Gasteiger partial charge is 0.360 e. The van der Waals surface area contributed by atoms with E-state index in [1.807, 2.05) is 17.1 Å². The SMILES string of the molecule is Cc1ccc(CN2C[C@]34C=C[C@H](O3)C(C(=O)N3CCNC(=O)CC3)C4C2=O)cc1C. The molecular weight excluding hydrogens is 382 g/mol. The summed E-state index contributed by atoms with van der Waals surface area (Å²) in [4.78, 5) is 42.0. The third kappa shape index (κ3) is 2.95. The zero-order chi connectivity index (χ0) is 21.0. The Hall–Kier alpha value is -2.67. The highest BCUT2D eigenvalue weighted by atomic mass is 16.5. The fourth-order valence-corrected chi connectivity index (χ4v) is 5.31. The molecule has 1 N–H and O–H groups in total. The Kier molecular flexibility index (Phi) is 4.47. The molecular formula is C23H27N3O4. The summed E-state index contributed by atoms with van der Waals surface area (Å²) in [5.74, 6) is -1.13. The fraction of sp³-hybridized carbons (Fsp3) is 0.522. The number of carbonyl (C=O) groups excluding carboxylic acids is 3. The van der Waals surface area contributed by atoms with Crippen molar-refractivity contribution in [1.29, 1.82) is 0 Å². The predicted octanol–water partition coefficient (Wildman–Crippen LogP) is 0.934. The Bertz CT molecular complexity index is 958. The minimum Gasteiger partial charge on any atom is -0.360 e. The van der Waals surface area contributed by atoms with Gasteiger partial charge in [-0.1, -0.05) is 30.4 Å². The summed E-state index contributed by atoms with van der Waals surface area (Å²) in [6.45, 7) is 6.43. The third-order valence-electron chi connectivity index (χ3n) is 7.03.